The average Bonchev–Trinajstić information content (AvgIpc) is 3.12. The summed E-state index contributed by atoms with van der Waals surface area (Å²) in [5, 5.41) is 14.5. The van der Waals surface area contributed by atoms with Gasteiger partial charge in [0.05, 0.1) is 16.9 Å². The first-order valence-corrected chi connectivity index (χ1v) is 12.1. The third-order valence-electron chi connectivity index (χ3n) is 4.79. The minimum absolute atomic E-state index is 0.139. The van der Waals surface area contributed by atoms with Crippen LogP contribution in [0.4, 0.5) is 11.4 Å². The third-order valence-corrected chi connectivity index (χ3v) is 7.40. The highest BCUT2D eigenvalue weighted by Crippen LogP contribution is 2.30. The van der Waals surface area contributed by atoms with Crippen molar-refractivity contribution in [1.82, 2.24) is 5.32 Å². The van der Waals surface area contributed by atoms with Crippen molar-refractivity contribution in [2.45, 2.75) is 50.8 Å². The SMILES string of the molecule is Cc1ccc([N+](=O)[O-])cc1N([C@H](C)C(=O)NCCSC1CCCC1)S(C)(=O)=O. The van der Waals surface area contributed by atoms with Crippen LogP contribution < -0.4 is 9.62 Å². The number of carbonyl (C=O) groups excluding carboxylic acids is 1. The van der Waals surface area contributed by atoms with E-state index < -0.39 is 26.9 Å². The minimum Gasteiger partial charge on any atom is -0.353 e. The van der Waals surface area contributed by atoms with Crippen molar-refractivity contribution in [2.24, 2.45) is 0 Å². The van der Waals surface area contributed by atoms with E-state index in [1.807, 2.05) is 11.8 Å². The van der Waals surface area contributed by atoms with Crippen LogP contribution in [0.15, 0.2) is 18.2 Å². The Morgan fingerprint density at radius 2 is 2.04 bits per heavy atom. The summed E-state index contributed by atoms with van der Waals surface area (Å²) in [7, 11) is -3.83. The highest BCUT2D eigenvalue weighted by Gasteiger charge is 2.31. The van der Waals surface area contributed by atoms with Crippen LogP contribution in [-0.4, -0.2) is 49.1 Å². The Balaban J connectivity index is 2.11. The summed E-state index contributed by atoms with van der Waals surface area (Å²) in [5.41, 5.74) is 0.446. The Kier molecular flexibility index (Phi) is 7.70. The number of hydrogen-bond acceptors (Lipinski definition) is 6. The van der Waals surface area contributed by atoms with Gasteiger partial charge in [-0.05, 0) is 32.3 Å². The minimum atomic E-state index is -3.83. The van der Waals surface area contributed by atoms with E-state index in [-0.39, 0.29) is 11.4 Å². The number of carbonyl (C=O) groups is 1. The van der Waals surface area contributed by atoms with Crippen LogP contribution in [-0.2, 0) is 14.8 Å². The number of nitrogens with one attached hydrogen (secondary N) is 1. The standard InChI is InChI=1S/C18H27N3O5S2/c1-13-8-9-15(21(23)24)12-17(13)20(28(3,25)26)14(2)18(22)19-10-11-27-16-6-4-5-7-16/h8-9,12,14,16H,4-7,10-11H2,1-3H3,(H,19,22)/t14-/m1/s1. The Bertz CT molecular complexity index is 823. The number of rotatable bonds is 9. The number of benzene rings is 1. The van der Waals surface area contributed by atoms with Gasteiger partial charge in [0.25, 0.3) is 5.69 Å². The summed E-state index contributed by atoms with van der Waals surface area (Å²) in [6.45, 7) is 3.59. The van der Waals surface area contributed by atoms with E-state index in [0.717, 1.165) is 16.3 Å². The second kappa shape index (κ2) is 9.60. The molecule has 2 rings (SSSR count). The zero-order valence-electron chi connectivity index (χ0n) is 16.4. The Morgan fingerprint density at radius 3 is 2.61 bits per heavy atom. The van der Waals surface area contributed by atoms with Crippen molar-refractivity contribution in [3.05, 3.63) is 33.9 Å². The molecule has 1 fully saturated rings. The summed E-state index contributed by atoms with van der Waals surface area (Å²) in [5.74, 6) is 0.348. The van der Waals surface area contributed by atoms with Gasteiger partial charge in [-0.25, -0.2) is 8.42 Å². The lowest BCUT2D eigenvalue weighted by Gasteiger charge is -2.29. The number of nitrogens with zero attached hydrogens (tertiary/aromatic N) is 2. The van der Waals surface area contributed by atoms with Crippen LogP contribution in [0.1, 0.15) is 38.2 Å². The number of thioether (sulfide) groups is 1. The molecule has 0 spiro atoms. The second-order valence-electron chi connectivity index (χ2n) is 7.03. The number of nitro benzene ring substituents is 1. The predicted octanol–water partition coefficient (Wildman–Crippen LogP) is 2.85. The molecule has 28 heavy (non-hydrogen) atoms. The lowest BCUT2D eigenvalue weighted by molar-refractivity contribution is -0.384. The highest BCUT2D eigenvalue weighted by atomic mass is 32.2. The van der Waals surface area contributed by atoms with Crippen LogP contribution in [0.25, 0.3) is 0 Å². The Morgan fingerprint density at radius 1 is 1.39 bits per heavy atom. The van der Waals surface area contributed by atoms with Gasteiger partial charge in [0.1, 0.15) is 6.04 Å². The Labute approximate surface area is 170 Å². The van der Waals surface area contributed by atoms with Crippen molar-refractivity contribution in [3.8, 4) is 0 Å². The molecule has 1 aliphatic rings. The molecule has 1 aromatic rings. The molecular formula is C18H27N3O5S2. The summed E-state index contributed by atoms with van der Waals surface area (Å²) >= 11 is 1.83. The number of aryl methyl sites for hydroxylation is 1. The van der Waals surface area contributed by atoms with Crippen LogP contribution >= 0.6 is 11.8 Å². The van der Waals surface area contributed by atoms with Gasteiger partial charge in [0.15, 0.2) is 0 Å². The summed E-state index contributed by atoms with van der Waals surface area (Å²) in [6, 6.07) is 2.96. The third kappa shape index (κ3) is 5.84. The van der Waals surface area contributed by atoms with Gasteiger partial charge in [-0.2, -0.15) is 11.8 Å². The molecule has 0 radical (unpaired) electrons. The predicted molar refractivity (Wildman–Crippen MR) is 112 cm³/mol. The molecule has 1 atom stereocenters. The largest absolute Gasteiger partial charge is 0.353 e. The van der Waals surface area contributed by atoms with Gasteiger partial charge < -0.3 is 5.32 Å². The van der Waals surface area contributed by atoms with Gasteiger partial charge >= 0.3 is 0 Å². The van der Waals surface area contributed by atoms with Crippen molar-refractivity contribution in [1.29, 1.82) is 0 Å². The monoisotopic (exact) mass is 429 g/mol. The number of anilines is 1. The van der Waals surface area contributed by atoms with Crippen molar-refractivity contribution < 1.29 is 18.1 Å². The first kappa shape index (κ1) is 22.5. The molecule has 0 saturated heterocycles. The maximum atomic E-state index is 12.6. The van der Waals surface area contributed by atoms with E-state index in [1.54, 1.807) is 6.92 Å². The van der Waals surface area contributed by atoms with E-state index in [4.69, 9.17) is 0 Å². The smallest absolute Gasteiger partial charge is 0.271 e. The number of non-ortho nitro benzene ring substituents is 1. The molecule has 8 nitrogen and oxygen atoms in total. The molecule has 1 N–H and O–H groups in total. The van der Waals surface area contributed by atoms with E-state index in [9.17, 15) is 23.3 Å². The quantitative estimate of drug-likeness (QED) is 0.367. The molecule has 1 amide bonds. The van der Waals surface area contributed by atoms with E-state index >= 15 is 0 Å². The van der Waals surface area contributed by atoms with Gasteiger partial charge in [-0.3, -0.25) is 19.2 Å². The fourth-order valence-electron chi connectivity index (χ4n) is 3.33. The summed E-state index contributed by atoms with van der Waals surface area (Å²) in [4.78, 5) is 23.1. The first-order valence-electron chi connectivity index (χ1n) is 9.25. The number of nitro groups is 1. The molecule has 156 valence electrons. The van der Waals surface area contributed by atoms with Crippen molar-refractivity contribution >= 4 is 39.1 Å². The molecule has 10 heteroatoms. The zero-order chi connectivity index (χ0) is 20.9. The molecular weight excluding hydrogens is 402 g/mol. The molecule has 1 aliphatic carbocycles. The van der Waals surface area contributed by atoms with Crippen LogP contribution in [0, 0.1) is 17.0 Å². The van der Waals surface area contributed by atoms with E-state index in [1.165, 1.54) is 50.8 Å². The van der Waals surface area contributed by atoms with Gasteiger partial charge in [-0.1, -0.05) is 18.9 Å². The van der Waals surface area contributed by atoms with Gasteiger partial charge in [0, 0.05) is 29.7 Å². The molecule has 0 unspecified atom stereocenters. The molecule has 1 aromatic carbocycles. The molecule has 0 bridgehead atoms. The molecule has 0 aromatic heterocycles. The summed E-state index contributed by atoms with van der Waals surface area (Å²) in [6.07, 6.45) is 5.93. The molecule has 0 heterocycles. The fraction of sp³-hybridized carbons (Fsp3) is 0.611. The maximum absolute atomic E-state index is 12.6. The molecule has 0 aliphatic heterocycles. The maximum Gasteiger partial charge on any atom is 0.271 e. The van der Waals surface area contributed by atoms with Crippen molar-refractivity contribution in [2.75, 3.05) is 22.9 Å². The zero-order valence-corrected chi connectivity index (χ0v) is 18.0. The topological polar surface area (TPSA) is 110 Å². The number of amides is 1. The first-order chi connectivity index (χ1) is 13.1. The van der Waals surface area contributed by atoms with Crippen LogP contribution in [0.3, 0.4) is 0 Å². The van der Waals surface area contributed by atoms with Crippen LogP contribution in [0.5, 0.6) is 0 Å². The molecule has 1 saturated carbocycles. The number of hydrogen-bond donors (Lipinski definition) is 1. The lowest BCUT2D eigenvalue weighted by Crippen LogP contribution is -2.48. The fourth-order valence-corrected chi connectivity index (χ4v) is 5.78. The Hall–Kier alpha value is -1.81. The normalized spacial score (nSPS) is 16.0. The number of sulfonamides is 1. The van der Waals surface area contributed by atoms with Crippen molar-refractivity contribution in [3.63, 3.8) is 0 Å². The van der Waals surface area contributed by atoms with E-state index in [2.05, 4.69) is 5.32 Å². The summed E-state index contributed by atoms with van der Waals surface area (Å²) < 4.78 is 25.7. The lowest BCUT2D eigenvalue weighted by atomic mass is 10.1. The average molecular weight is 430 g/mol. The highest BCUT2D eigenvalue weighted by molar-refractivity contribution is 7.99. The second-order valence-corrected chi connectivity index (χ2v) is 10.3. The van der Waals surface area contributed by atoms with Gasteiger partial charge in [-0.15, -0.1) is 0 Å². The van der Waals surface area contributed by atoms with E-state index in [0.29, 0.717) is 17.4 Å². The van der Waals surface area contributed by atoms with Crippen LogP contribution in [0.2, 0.25) is 0 Å². The van der Waals surface area contributed by atoms with Gasteiger partial charge in [0.2, 0.25) is 15.9 Å².